The van der Waals surface area contributed by atoms with Gasteiger partial charge in [-0.2, -0.15) is 0 Å². The van der Waals surface area contributed by atoms with Crippen LogP contribution in [0.15, 0.2) is 16.5 Å². The minimum Gasteiger partial charge on any atom is -0.465 e. The third-order valence-corrected chi connectivity index (χ3v) is 6.32. The molecule has 8 heteroatoms. The summed E-state index contributed by atoms with van der Waals surface area (Å²) in [6.45, 7) is 4.06. The van der Waals surface area contributed by atoms with Gasteiger partial charge in [-0.1, -0.05) is 0 Å². The topological polar surface area (TPSA) is 101 Å². The number of amides is 3. The molecule has 0 radical (unpaired) electrons. The van der Waals surface area contributed by atoms with Crippen molar-refractivity contribution in [1.82, 2.24) is 15.5 Å². The van der Waals surface area contributed by atoms with E-state index in [-0.39, 0.29) is 48.1 Å². The minimum absolute atomic E-state index is 0.0244. The summed E-state index contributed by atoms with van der Waals surface area (Å²) < 4.78 is 10.8. The molecule has 0 spiro atoms. The number of hydrogen-bond donors (Lipinski definition) is 2. The maximum Gasteiger partial charge on any atom is 0.239 e. The predicted molar refractivity (Wildman–Crippen MR) is 104 cm³/mol. The van der Waals surface area contributed by atoms with Crippen molar-refractivity contribution in [1.29, 1.82) is 0 Å². The van der Waals surface area contributed by atoms with Crippen LogP contribution in [0.25, 0.3) is 0 Å². The van der Waals surface area contributed by atoms with Crippen molar-refractivity contribution in [3.05, 3.63) is 23.7 Å². The smallest absolute Gasteiger partial charge is 0.239 e. The molecule has 1 aliphatic carbocycles. The molecule has 2 saturated heterocycles. The van der Waals surface area contributed by atoms with E-state index in [0.29, 0.717) is 52.0 Å². The van der Waals surface area contributed by atoms with Crippen LogP contribution in [0.1, 0.15) is 37.2 Å². The maximum absolute atomic E-state index is 12.9. The zero-order chi connectivity index (χ0) is 20.4. The first-order chi connectivity index (χ1) is 14.0. The summed E-state index contributed by atoms with van der Waals surface area (Å²) in [4.78, 5) is 39.6. The highest BCUT2D eigenvalue weighted by Crippen LogP contribution is 2.34. The molecule has 4 rings (SSSR count). The molecule has 3 heterocycles. The van der Waals surface area contributed by atoms with Crippen molar-refractivity contribution < 1.29 is 23.5 Å². The Kier molecular flexibility index (Phi) is 5.89. The van der Waals surface area contributed by atoms with Gasteiger partial charge in [0.1, 0.15) is 11.5 Å². The number of hydrogen-bond acceptors (Lipinski definition) is 5. The third-order valence-electron chi connectivity index (χ3n) is 6.32. The molecule has 3 amide bonds. The fourth-order valence-electron chi connectivity index (χ4n) is 4.76. The van der Waals surface area contributed by atoms with Gasteiger partial charge in [-0.25, -0.2) is 0 Å². The van der Waals surface area contributed by atoms with Crippen LogP contribution in [0.4, 0.5) is 0 Å². The zero-order valence-corrected chi connectivity index (χ0v) is 16.8. The molecule has 2 aliphatic heterocycles. The van der Waals surface area contributed by atoms with Crippen LogP contribution in [0, 0.1) is 24.7 Å². The Bertz CT molecular complexity index is 770. The van der Waals surface area contributed by atoms with Crippen molar-refractivity contribution in [3.63, 3.8) is 0 Å². The van der Waals surface area contributed by atoms with Crippen LogP contribution in [-0.4, -0.2) is 55.0 Å². The summed E-state index contributed by atoms with van der Waals surface area (Å²) in [5, 5.41) is 5.97. The Morgan fingerprint density at radius 2 is 2.00 bits per heavy atom. The zero-order valence-electron chi connectivity index (χ0n) is 16.8. The first kappa shape index (κ1) is 19.9. The largest absolute Gasteiger partial charge is 0.465 e. The first-order valence-corrected chi connectivity index (χ1v) is 10.5. The van der Waals surface area contributed by atoms with Crippen LogP contribution >= 0.6 is 0 Å². The van der Waals surface area contributed by atoms with Gasteiger partial charge in [-0.3, -0.25) is 14.4 Å². The Morgan fingerprint density at radius 1 is 1.21 bits per heavy atom. The lowest BCUT2D eigenvalue weighted by Crippen LogP contribution is -2.43. The van der Waals surface area contributed by atoms with E-state index in [1.54, 1.807) is 4.90 Å². The van der Waals surface area contributed by atoms with Crippen LogP contribution in [-0.2, 0) is 25.7 Å². The molecule has 29 heavy (non-hydrogen) atoms. The molecule has 158 valence electrons. The average molecular weight is 403 g/mol. The van der Waals surface area contributed by atoms with E-state index in [0.717, 1.165) is 11.5 Å². The number of carbonyl (C=O) groups excluding carboxylic acids is 3. The number of rotatable bonds is 4. The fraction of sp³-hybridized carbons (Fsp3) is 0.667. The number of ether oxygens (including phenoxy) is 1. The molecule has 0 bridgehead atoms. The number of nitrogens with one attached hydrogen (secondary N) is 2. The highest BCUT2D eigenvalue weighted by molar-refractivity contribution is 5.87. The van der Waals surface area contributed by atoms with Gasteiger partial charge < -0.3 is 24.7 Å². The molecule has 1 saturated carbocycles. The van der Waals surface area contributed by atoms with Crippen molar-refractivity contribution in [3.8, 4) is 0 Å². The van der Waals surface area contributed by atoms with Gasteiger partial charge in [-0.15, -0.1) is 0 Å². The summed E-state index contributed by atoms with van der Waals surface area (Å²) >= 11 is 0. The summed E-state index contributed by atoms with van der Waals surface area (Å²) in [6, 6.07) is 3.67. The van der Waals surface area contributed by atoms with E-state index in [1.165, 1.54) is 0 Å². The Labute approximate surface area is 170 Å². The van der Waals surface area contributed by atoms with Gasteiger partial charge in [0.25, 0.3) is 0 Å². The second-order valence-corrected chi connectivity index (χ2v) is 8.44. The van der Waals surface area contributed by atoms with Crippen LogP contribution in [0.3, 0.4) is 0 Å². The Balaban J connectivity index is 1.35. The third kappa shape index (κ3) is 4.63. The molecule has 1 aromatic rings. The van der Waals surface area contributed by atoms with Crippen LogP contribution < -0.4 is 10.6 Å². The average Bonchev–Trinajstić information content (AvgIpc) is 3.28. The summed E-state index contributed by atoms with van der Waals surface area (Å²) in [7, 11) is 0. The molecule has 0 unspecified atom stereocenters. The molecule has 1 aromatic heterocycles. The Hall–Kier alpha value is -2.35. The fourth-order valence-corrected chi connectivity index (χ4v) is 4.76. The van der Waals surface area contributed by atoms with Crippen LogP contribution in [0.5, 0.6) is 0 Å². The predicted octanol–water partition coefficient (Wildman–Crippen LogP) is 0.984. The molecule has 3 fully saturated rings. The number of nitrogens with zero attached hydrogens (tertiary/aromatic N) is 1. The molecule has 0 aromatic carbocycles. The highest BCUT2D eigenvalue weighted by Gasteiger charge is 2.42. The van der Waals surface area contributed by atoms with Gasteiger partial charge in [0.2, 0.25) is 17.7 Å². The van der Waals surface area contributed by atoms with E-state index in [2.05, 4.69) is 10.6 Å². The van der Waals surface area contributed by atoms with E-state index in [9.17, 15) is 14.4 Å². The summed E-state index contributed by atoms with van der Waals surface area (Å²) in [6.07, 6.45) is 2.70. The van der Waals surface area contributed by atoms with Crippen molar-refractivity contribution in [2.45, 2.75) is 45.2 Å². The van der Waals surface area contributed by atoms with Crippen molar-refractivity contribution in [2.24, 2.45) is 17.8 Å². The van der Waals surface area contributed by atoms with E-state index < -0.39 is 0 Å². The van der Waals surface area contributed by atoms with E-state index >= 15 is 0 Å². The maximum atomic E-state index is 12.9. The molecular formula is C21H29N3O5. The first-order valence-electron chi connectivity index (χ1n) is 10.5. The van der Waals surface area contributed by atoms with Crippen molar-refractivity contribution in [2.75, 3.05) is 26.3 Å². The summed E-state index contributed by atoms with van der Waals surface area (Å²) in [5.41, 5.74) is 0. The van der Waals surface area contributed by atoms with Gasteiger partial charge in [0, 0.05) is 37.6 Å². The standard InChI is InChI=1S/C21H29N3O5/c1-13-2-3-17(29-13)10-22-20(26)15-8-16-11-24(12-19(25)23-18(16)9-15)21(27)14-4-6-28-7-5-14/h2-3,14-16,18H,4-12H2,1H3,(H,22,26)(H,23,25)/t15-,16+,18+/m0/s1. The second kappa shape index (κ2) is 8.57. The van der Waals surface area contributed by atoms with Crippen LogP contribution in [0.2, 0.25) is 0 Å². The normalized spacial score (nSPS) is 27.8. The molecule has 3 aliphatic rings. The SMILES string of the molecule is Cc1ccc(CNC(=O)[C@H]2C[C@@H]3CN(C(=O)C4CCOCC4)CC(=O)N[C@@H]3C2)o1. The van der Waals surface area contributed by atoms with Gasteiger partial charge >= 0.3 is 0 Å². The lowest BCUT2D eigenvalue weighted by molar-refractivity contribution is -0.141. The summed E-state index contributed by atoms with van der Waals surface area (Å²) in [5.74, 6) is 1.30. The second-order valence-electron chi connectivity index (χ2n) is 8.44. The highest BCUT2D eigenvalue weighted by atomic mass is 16.5. The molecular weight excluding hydrogens is 374 g/mol. The lowest BCUT2D eigenvalue weighted by atomic mass is 9.97. The number of fused-ring (bicyclic) bond motifs is 1. The monoisotopic (exact) mass is 403 g/mol. The van der Waals surface area contributed by atoms with Crippen molar-refractivity contribution >= 4 is 17.7 Å². The molecule has 2 N–H and O–H groups in total. The molecule has 8 nitrogen and oxygen atoms in total. The number of aryl methyl sites for hydroxylation is 1. The van der Waals surface area contributed by atoms with E-state index in [1.807, 2.05) is 19.1 Å². The van der Waals surface area contributed by atoms with Gasteiger partial charge in [0.05, 0.1) is 13.1 Å². The number of furan rings is 1. The minimum atomic E-state index is -0.167. The quantitative estimate of drug-likeness (QED) is 0.781. The van der Waals surface area contributed by atoms with Gasteiger partial charge in [0.15, 0.2) is 0 Å². The molecule has 3 atom stereocenters. The number of carbonyl (C=O) groups is 3. The van der Waals surface area contributed by atoms with Gasteiger partial charge in [-0.05, 0) is 50.7 Å². The lowest BCUT2D eigenvalue weighted by Gasteiger charge is -2.29. The van der Waals surface area contributed by atoms with E-state index in [4.69, 9.17) is 9.15 Å². The Morgan fingerprint density at radius 3 is 2.72 bits per heavy atom.